The summed E-state index contributed by atoms with van der Waals surface area (Å²) >= 11 is 1.65. The molecule has 6 heteroatoms. The van der Waals surface area contributed by atoms with E-state index < -0.39 is 5.97 Å². The standard InChI is InChI=1S/C12H13N3O2S/c1-7-5-18-6-9(7)3-13-12-14-4-10(11(16)17)8(2)15-12/h4-6H,3H2,1-2H3,(H,16,17)(H,13,14,15). The van der Waals surface area contributed by atoms with Crippen molar-refractivity contribution in [2.45, 2.75) is 20.4 Å². The summed E-state index contributed by atoms with van der Waals surface area (Å²) in [6.45, 7) is 4.35. The van der Waals surface area contributed by atoms with E-state index in [1.807, 2.05) is 6.92 Å². The number of nitrogens with one attached hydrogen (secondary N) is 1. The van der Waals surface area contributed by atoms with Gasteiger partial charge in [0.25, 0.3) is 0 Å². The number of aryl methyl sites for hydroxylation is 2. The van der Waals surface area contributed by atoms with Crippen molar-refractivity contribution >= 4 is 23.3 Å². The summed E-state index contributed by atoms with van der Waals surface area (Å²) < 4.78 is 0. The van der Waals surface area contributed by atoms with Gasteiger partial charge in [0.2, 0.25) is 5.95 Å². The van der Waals surface area contributed by atoms with Gasteiger partial charge in [0.1, 0.15) is 0 Å². The lowest BCUT2D eigenvalue weighted by Gasteiger charge is -2.06. The lowest BCUT2D eigenvalue weighted by molar-refractivity contribution is 0.0695. The number of carboxylic acid groups (broad SMARTS) is 1. The highest BCUT2D eigenvalue weighted by Gasteiger charge is 2.09. The molecule has 0 aliphatic rings. The summed E-state index contributed by atoms with van der Waals surface area (Å²) in [7, 11) is 0. The average Bonchev–Trinajstić information content (AvgIpc) is 2.72. The van der Waals surface area contributed by atoms with Gasteiger partial charge in [-0.1, -0.05) is 0 Å². The van der Waals surface area contributed by atoms with Crippen molar-refractivity contribution in [2.75, 3.05) is 5.32 Å². The average molecular weight is 263 g/mol. The van der Waals surface area contributed by atoms with E-state index in [0.29, 0.717) is 18.2 Å². The van der Waals surface area contributed by atoms with Crippen LogP contribution >= 0.6 is 11.3 Å². The summed E-state index contributed by atoms with van der Waals surface area (Å²) in [6.07, 6.45) is 1.33. The Bertz CT molecular complexity index is 580. The maximum atomic E-state index is 10.8. The van der Waals surface area contributed by atoms with Gasteiger partial charge in [0.05, 0.1) is 11.3 Å². The molecule has 0 unspecified atom stereocenters. The maximum absolute atomic E-state index is 10.8. The number of thiophene rings is 1. The molecule has 0 aromatic carbocycles. The molecule has 0 aliphatic heterocycles. The van der Waals surface area contributed by atoms with Crippen molar-refractivity contribution < 1.29 is 9.90 Å². The predicted octanol–water partition coefficient (Wildman–Crippen LogP) is 2.47. The van der Waals surface area contributed by atoms with E-state index in [2.05, 4.69) is 26.0 Å². The van der Waals surface area contributed by atoms with Gasteiger partial charge in [-0.25, -0.2) is 14.8 Å². The Balaban J connectivity index is 2.09. The molecule has 0 radical (unpaired) electrons. The van der Waals surface area contributed by atoms with E-state index in [0.717, 1.165) is 0 Å². The molecule has 5 nitrogen and oxygen atoms in total. The minimum atomic E-state index is -1.01. The Morgan fingerprint density at radius 2 is 2.22 bits per heavy atom. The fourth-order valence-electron chi connectivity index (χ4n) is 1.50. The van der Waals surface area contributed by atoms with Gasteiger partial charge in [0, 0.05) is 12.7 Å². The molecule has 0 saturated carbocycles. The first-order chi connectivity index (χ1) is 8.58. The maximum Gasteiger partial charge on any atom is 0.339 e. The number of hydrogen-bond donors (Lipinski definition) is 2. The van der Waals surface area contributed by atoms with Crippen LogP contribution in [0.2, 0.25) is 0 Å². The SMILES string of the molecule is Cc1cscc1CNc1ncc(C(=O)O)c(C)n1. The quantitative estimate of drug-likeness (QED) is 0.886. The van der Waals surface area contributed by atoms with E-state index in [4.69, 9.17) is 5.11 Å². The van der Waals surface area contributed by atoms with Gasteiger partial charge in [-0.3, -0.25) is 0 Å². The number of anilines is 1. The highest BCUT2D eigenvalue weighted by atomic mass is 32.1. The second kappa shape index (κ2) is 5.14. The number of nitrogens with zero attached hydrogens (tertiary/aromatic N) is 2. The number of aromatic nitrogens is 2. The molecule has 0 bridgehead atoms. The smallest absolute Gasteiger partial charge is 0.339 e. The predicted molar refractivity (Wildman–Crippen MR) is 70.1 cm³/mol. The molecule has 2 heterocycles. The summed E-state index contributed by atoms with van der Waals surface area (Å²) in [6, 6.07) is 0. The molecule has 0 atom stereocenters. The first kappa shape index (κ1) is 12.5. The zero-order chi connectivity index (χ0) is 13.1. The summed E-state index contributed by atoms with van der Waals surface area (Å²) in [5.74, 6) is -0.559. The lowest BCUT2D eigenvalue weighted by Crippen LogP contribution is -2.08. The van der Waals surface area contributed by atoms with Crippen LogP contribution in [0.4, 0.5) is 5.95 Å². The third-order valence-corrected chi connectivity index (χ3v) is 3.52. The van der Waals surface area contributed by atoms with Crippen molar-refractivity contribution in [2.24, 2.45) is 0 Å². The Morgan fingerprint density at radius 3 is 2.78 bits per heavy atom. The van der Waals surface area contributed by atoms with Gasteiger partial charge in [-0.15, -0.1) is 0 Å². The minimum Gasteiger partial charge on any atom is -0.478 e. The van der Waals surface area contributed by atoms with Gasteiger partial charge in [-0.2, -0.15) is 11.3 Å². The third-order valence-electron chi connectivity index (χ3n) is 2.61. The summed E-state index contributed by atoms with van der Waals surface area (Å²) in [4.78, 5) is 18.9. The Labute approximate surface area is 109 Å². The molecule has 0 saturated heterocycles. The van der Waals surface area contributed by atoms with Crippen molar-refractivity contribution in [1.29, 1.82) is 0 Å². The van der Waals surface area contributed by atoms with Gasteiger partial charge >= 0.3 is 5.97 Å². The van der Waals surface area contributed by atoms with E-state index >= 15 is 0 Å². The molecule has 0 fully saturated rings. The highest BCUT2D eigenvalue weighted by molar-refractivity contribution is 7.08. The zero-order valence-electron chi connectivity index (χ0n) is 10.1. The summed E-state index contributed by atoms with van der Waals surface area (Å²) in [5.41, 5.74) is 3.02. The summed E-state index contributed by atoms with van der Waals surface area (Å²) in [5, 5.41) is 16.1. The molecule has 2 rings (SSSR count). The molecule has 2 N–H and O–H groups in total. The van der Waals surface area contributed by atoms with Crippen LogP contribution in [0.3, 0.4) is 0 Å². The Kier molecular flexibility index (Phi) is 3.57. The molecular weight excluding hydrogens is 250 g/mol. The largest absolute Gasteiger partial charge is 0.478 e. The van der Waals surface area contributed by atoms with Crippen molar-refractivity contribution in [1.82, 2.24) is 9.97 Å². The second-order valence-corrected chi connectivity index (χ2v) is 4.68. The molecule has 0 spiro atoms. The van der Waals surface area contributed by atoms with Gasteiger partial charge < -0.3 is 10.4 Å². The lowest BCUT2D eigenvalue weighted by atomic mass is 10.2. The van der Waals surface area contributed by atoms with Crippen LogP contribution < -0.4 is 5.32 Å². The van der Waals surface area contributed by atoms with E-state index in [1.165, 1.54) is 17.3 Å². The van der Waals surface area contributed by atoms with Crippen molar-refractivity contribution in [3.8, 4) is 0 Å². The van der Waals surface area contributed by atoms with Crippen molar-refractivity contribution in [3.63, 3.8) is 0 Å². The van der Waals surface area contributed by atoms with Crippen LogP contribution in [0.15, 0.2) is 17.0 Å². The topological polar surface area (TPSA) is 75.1 Å². The first-order valence-electron chi connectivity index (χ1n) is 5.40. The number of carbonyl (C=O) groups is 1. The molecular formula is C12H13N3O2S. The Hall–Kier alpha value is -1.95. The number of hydrogen-bond acceptors (Lipinski definition) is 5. The molecule has 2 aromatic rings. The van der Waals surface area contributed by atoms with Gasteiger partial charge in [-0.05, 0) is 35.7 Å². The first-order valence-corrected chi connectivity index (χ1v) is 6.34. The van der Waals surface area contributed by atoms with Crippen LogP contribution in [-0.2, 0) is 6.54 Å². The van der Waals surface area contributed by atoms with E-state index in [9.17, 15) is 4.79 Å². The van der Waals surface area contributed by atoms with Crippen LogP contribution in [0.1, 0.15) is 27.2 Å². The normalized spacial score (nSPS) is 10.3. The van der Waals surface area contributed by atoms with Crippen LogP contribution in [0.25, 0.3) is 0 Å². The van der Waals surface area contributed by atoms with Gasteiger partial charge in [0.15, 0.2) is 0 Å². The number of carboxylic acids is 1. The zero-order valence-corrected chi connectivity index (χ0v) is 10.9. The molecule has 0 aliphatic carbocycles. The number of rotatable bonds is 4. The minimum absolute atomic E-state index is 0.132. The second-order valence-electron chi connectivity index (χ2n) is 3.93. The molecule has 0 amide bonds. The molecule has 18 heavy (non-hydrogen) atoms. The van der Waals surface area contributed by atoms with Crippen molar-refractivity contribution in [3.05, 3.63) is 39.3 Å². The van der Waals surface area contributed by atoms with E-state index in [1.54, 1.807) is 18.3 Å². The molecule has 94 valence electrons. The monoisotopic (exact) mass is 263 g/mol. The molecule has 2 aromatic heterocycles. The fourth-order valence-corrected chi connectivity index (χ4v) is 2.36. The van der Waals surface area contributed by atoms with E-state index in [-0.39, 0.29) is 5.56 Å². The van der Waals surface area contributed by atoms with Crippen LogP contribution in [0, 0.1) is 13.8 Å². The van der Waals surface area contributed by atoms with Crippen LogP contribution in [0.5, 0.6) is 0 Å². The Morgan fingerprint density at radius 1 is 1.44 bits per heavy atom. The fraction of sp³-hybridized carbons (Fsp3) is 0.250. The highest BCUT2D eigenvalue weighted by Crippen LogP contribution is 2.15. The number of aromatic carboxylic acids is 1. The van der Waals surface area contributed by atoms with Crippen LogP contribution in [-0.4, -0.2) is 21.0 Å². The third kappa shape index (κ3) is 2.65.